The van der Waals surface area contributed by atoms with Crippen LogP contribution in [0.5, 0.6) is 11.5 Å². The van der Waals surface area contributed by atoms with Crippen molar-refractivity contribution in [3.8, 4) is 11.5 Å². The van der Waals surface area contributed by atoms with E-state index >= 15 is 0 Å². The largest absolute Gasteiger partial charge is 0.543 e. The Balaban J connectivity index is 0.000000293. The lowest BCUT2D eigenvalue weighted by atomic mass is 9.93. The molecule has 0 aliphatic carbocycles. The van der Waals surface area contributed by atoms with Crippen molar-refractivity contribution < 1.29 is 52.5 Å². The molecule has 0 unspecified atom stereocenters. The number of hydrogen-bond donors (Lipinski definition) is 1. The first-order valence-electron chi connectivity index (χ1n) is 26.6. The van der Waals surface area contributed by atoms with Crippen molar-refractivity contribution in [1.82, 2.24) is 0 Å². The van der Waals surface area contributed by atoms with Crippen molar-refractivity contribution in [2.45, 2.75) is 142 Å². The summed E-state index contributed by atoms with van der Waals surface area (Å²) in [6, 6.07) is 28.2. The Hall–Kier alpha value is -7.74. The van der Waals surface area contributed by atoms with Gasteiger partial charge >= 0.3 is 23.9 Å². The molecule has 4 aromatic rings. The second-order valence-electron chi connectivity index (χ2n) is 21.4. The van der Waals surface area contributed by atoms with Gasteiger partial charge in [-0.2, -0.15) is 0 Å². The summed E-state index contributed by atoms with van der Waals surface area (Å²) < 4.78 is 30.6. The fourth-order valence-electron chi connectivity index (χ4n) is 8.44. The highest BCUT2D eigenvalue weighted by molar-refractivity contribution is 6.74. The Bertz CT molecular complexity index is 2880. The maximum absolute atomic E-state index is 13.9. The molecule has 15 heteroatoms. The molecule has 2 aliphatic heterocycles. The highest BCUT2D eigenvalue weighted by atomic mass is 28.4. The van der Waals surface area contributed by atoms with Crippen LogP contribution in [0.25, 0.3) is 10.4 Å². The summed E-state index contributed by atoms with van der Waals surface area (Å²) in [7, 11) is -2.31. The third kappa shape index (κ3) is 18.8. The Morgan fingerprint density at radius 3 is 1.71 bits per heavy atom. The molecule has 78 heavy (non-hydrogen) atoms. The van der Waals surface area contributed by atoms with E-state index in [1.165, 1.54) is 12.1 Å². The average Bonchev–Trinajstić information content (AvgIpc) is 3.41. The number of cyclic esters (lactones) is 2. The van der Waals surface area contributed by atoms with Gasteiger partial charge in [-0.25, -0.2) is 19.2 Å². The number of azide groups is 1. The predicted molar refractivity (Wildman–Crippen MR) is 306 cm³/mol. The number of amides is 1. The first-order valence-corrected chi connectivity index (χ1v) is 29.5. The van der Waals surface area contributed by atoms with Crippen LogP contribution < -0.4 is 4.43 Å². The molecule has 0 saturated carbocycles. The van der Waals surface area contributed by atoms with Gasteiger partial charge in [0, 0.05) is 30.6 Å². The Morgan fingerprint density at radius 2 is 1.21 bits per heavy atom. The van der Waals surface area contributed by atoms with Crippen LogP contribution >= 0.6 is 0 Å². The fraction of sp³-hybridized carbons (Fsp3) is 0.381. The summed E-state index contributed by atoms with van der Waals surface area (Å²) in [5.41, 5.74) is 12.5. The van der Waals surface area contributed by atoms with Gasteiger partial charge in [0.2, 0.25) is 5.91 Å². The van der Waals surface area contributed by atoms with Crippen LogP contribution in [-0.4, -0.2) is 67.6 Å². The van der Waals surface area contributed by atoms with Gasteiger partial charge in [0.15, 0.2) is 0 Å². The van der Waals surface area contributed by atoms with Crippen molar-refractivity contribution in [1.29, 1.82) is 0 Å². The molecule has 0 fully saturated rings. The molecule has 14 nitrogen and oxygen atoms in total. The number of hydrogen-bond acceptors (Lipinski definition) is 11. The minimum absolute atomic E-state index is 0.0163. The van der Waals surface area contributed by atoms with Gasteiger partial charge < -0.3 is 28.5 Å². The van der Waals surface area contributed by atoms with E-state index in [1.54, 1.807) is 60.7 Å². The molecule has 0 saturated heterocycles. The monoisotopic (exact) mass is 1080 g/mol. The molecule has 0 aromatic heterocycles. The summed E-state index contributed by atoms with van der Waals surface area (Å²) in [6.07, 6.45) is 16.5. The van der Waals surface area contributed by atoms with E-state index in [4.69, 9.17) is 28.9 Å². The zero-order valence-corrected chi connectivity index (χ0v) is 47.3. The molecule has 1 amide bonds. The zero-order valence-electron chi connectivity index (χ0n) is 46.3. The first kappa shape index (κ1) is 61.1. The Morgan fingerprint density at radius 1 is 0.718 bits per heavy atom. The molecular weight excluding hydrogens is 1000 g/mol. The van der Waals surface area contributed by atoms with Crippen molar-refractivity contribution >= 4 is 38.1 Å². The summed E-state index contributed by atoms with van der Waals surface area (Å²) in [5, 5.41) is 13.4. The van der Waals surface area contributed by atoms with Crippen molar-refractivity contribution in [3.05, 3.63) is 202 Å². The number of fused-ring (bicyclic) bond motifs is 2. The number of carbonyl (C=O) groups is 5. The standard InChI is InChI=1S/C33H41N3O6Si.C30H34O5/c1-23-14-10-11-15-24-18-12-20-27(42-43(5,6)33(2,3)4)30(24)32(39)40-26(19-13-21-29(37)35-36-34)22-28(23)41-31(38)25-16-8-7-9-17-25;1-21(2)12-7-10-18-25-20-27(35-29(32)24-15-5-4-6-16-24)22(3)13-8-9-14-23-17-11-19-26(31)28(23)30(33)34-25/h7-13,16-18,20-21,23,26,28H,14-15,19,22H2,1-6H3;4-11,15-17,19,22,25,27,31H,1,12-14,18,20H2,2-3H3/b11-10+,21-13+;9-8+,10-7+/t23-,26-,28+;22-,25-,27+/m00/s1. The minimum Gasteiger partial charge on any atom is -0.543 e. The van der Waals surface area contributed by atoms with Gasteiger partial charge in [0.1, 0.15) is 47.0 Å². The van der Waals surface area contributed by atoms with E-state index in [0.29, 0.717) is 66.5 Å². The van der Waals surface area contributed by atoms with Crippen LogP contribution in [-0.2, 0) is 36.6 Å². The van der Waals surface area contributed by atoms with Gasteiger partial charge in [-0.1, -0.05) is 150 Å². The lowest BCUT2D eigenvalue weighted by Crippen LogP contribution is -2.44. The molecule has 4 aromatic carbocycles. The number of nitrogens with zero attached hydrogens (tertiary/aromatic N) is 3. The number of phenolic OH excluding ortho intramolecular Hbond substituents is 1. The van der Waals surface area contributed by atoms with Gasteiger partial charge in [0.05, 0.1) is 11.1 Å². The molecule has 1 N–H and O–H groups in total. The van der Waals surface area contributed by atoms with Crippen LogP contribution in [0.4, 0.5) is 0 Å². The van der Waals surface area contributed by atoms with E-state index in [2.05, 4.69) is 50.5 Å². The van der Waals surface area contributed by atoms with E-state index in [9.17, 15) is 29.1 Å². The SMILES string of the molecule is C=C(C)C/C=C/C[C@H]1C[C@@H](OC(=O)c2ccccc2)[C@@H](C)C/C=C/Cc2cccc(O)c2C(=O)O1.C[C@H]1C/C=C/Cc2cccc(O[Si](C)(C)C(C)(C)C)c2C(=O)O[C@@H](C/C=C/C(=O)N=[N+]=[N-])C[C@H]1OC(=O)c1ccccc1. The summed E-state index contributed by atoms with van der Waals surface area (Å²) in [6.45, 7) is 20.5. The first-order chi connectivity index (χ1) is 37.2. The molecule has 412 valence electrons. The Labute approximate surface area is 460 Å². The smallest absolute Gasteiger partial charge is 0.342 e. The second-order valence-corrected chi connectivity index (χ2v) is 26.1. The molecule has 0 spiro atoms. The maximum Gasteiger partial charge on any atom is 0.342 e. The number of phenols is 1. The van der Waals surface area contributed by atoms with Crippen molar-refractivity contribution in [2.75, 3.05) is 0 Å². The molecular formula is C63H75N3O11Si. The second kappa shape index (κ2) is 29.7. The number of carbonyl (C=O) groups excluding carboxylic acids is 5. The van der Waals surface area contributed by atoms with E-state index < -0.39 is 62.5 Å². The maximum atomic E-state index is 13.9. The van der Waals surface area contributed by atoms with Crippen LogP contribution in [0.2, 0.25) is 18.1 Å². The summed E-state index contributed by atoms with van der Waals surface area (Å²) in [4.78, 5) is 67.3. The number of benzene rings is 4. The van der Waals surface area contributed by atoms with Crippen molar-refractivity contribution in [2.24, 2.45) is 17.0 Å². The lowest BCUT2D eigenvalue weighted by molar-refractivity contribution is -0.113. The van der Waals surface area contributed by atoms with E-state index in [-0.39, 0.29) is 41.0 Å². The van der Waals surface area contributed by atoms with Gasteiger partial charge in [-0.15, -0.1) is 0 Å². The highest BCUT2D eigenvalue weighted by Gasteiger charge is 2.40. The van der Waals surface area contributed by atoms with Gasteiger partial charge in [0.25, 0.3) is 8.32 Å². The van der Waals surface area contributed by atoms with Crippen molar-refractivity contribution in [3.63, 3.8) is 0 Å². The van der Waals surface area contributed by atoms with Crippen LogP contribution in [0, 0.1) is 11.8 Å². The van der Waals surface area contributed by atoms with Crippen LogP contribution in [0.3, 0.4) is 0 Å². The molecule has 2 heterocycles. The predicted octanol–water partition coefficient (Wildman–Crippen LogP) is 14.7. The van der Waals surface area contributed by atoms with E-state index in [1.807, 2.05) is 87.6 Å². The molecule has 0 bridgehead atoms. The lowest BCUT2D eigenvalue weighted by Gasteiger charge is -2.37. The van der Waals surface area contributed by atoms with Crippen LogP contribution in [0.1, 0.15) is 139 Å². The molecule has 6 atom stereocenters. The number of esters is 4. The quantitative estimate of drug-likeness (QED) is 0.0195. The normalized spacial score (nSPS) is 21.0. The van der Waals surface area contributed by atoms with Crippen LogP contribution in [0.15, 0.2) is 163 Å². The molecule has 2 aliphatic rings. The van der Waals surface area contributed by atoms with Gasteiger partial charge in [-0.05, 0) is 133 Å². The topological polar surface area (TPSA) is 200 Å². The van der Waals surface area contributed by atoms with E-state index in [0.717, 1.165) is 23.6 Å². The summed E-state index contributed by atoms with van der Waals surface area (Å²) >= 11 is 0. The number of aromatic hydroxyl groups is 1. The Kier molecular flexibility index (Phi) is 23.3. The molecule has 0 radical (unpaired) electrons. The average molecular weight is 1080 g/mol. The summed E-state index contributed by atoms with van der Waals surface area (Å²) in [5.74, 6) is -2.46. The fourth-order valence-corrected chi connectivity index (χ4v) is 9.46. The zero-order chi connectivity index (χ0) is 56.8. The minimum atomic E-state index is -2.31. The van der Waals surface area contributed by atoms with Gasteiger partial charge in [-0.3, -0.25) is 4.79 Å². The number of allylic oxidation sites excluding steroid dienone is 6. The highest BCUT2D eigenvalue weighted by Crippen LogP contribution is 2.39. The molecule has 6 rings (SSSR count). The third-order valence-electron chi connectivity index (χ3n) is 14.0. The number of ether oxygens (including phenoxy) is 4. The third-order valence-corrected chi connectivity index (χ3v) is 18.4. The number of rotatable bonds is 13.